The summed E-state index contributed by atoms with van der Waals surface area (Å²) in [4.78, 5) is 21.6. The number of esters is 1. The Labute approximate surface area is 90.0 Å². The highest BCUT2D eigenvalue weighted by Gasteiger charge is 2.11. The molecular formula is C7H12BrN3O3. The standard InChI is InChI=1S/C7H12BrN3O3/c1-3-14-7(13)5(8)6(9)11-10-4(2)12/h11H,3,9H2,1-2H3,(H,10,12)/b6-5-. The van der Waals surface area contributed by atoms with Gasteiger partial charge in [-0.25, -0.2) is 4.79 Å². The van der Waals surface area contributed by atoms with Crippen LogP contribution in [0.25, 0.3) is 0 Å². The molecule has 0 aromatic carbocycles. The summed E-state index contributed by atoms with van der Waals surface area (Å²) in [5.74, 6) is -0.932. The van der Waals surface area contributed by atoms with E-state index in [1.165, 1.54) is 6.92 Å². The molecule has 7 heteroatoms. The quantitative estimate of drug-likeness (QED) is 0.369. The summed E-state index contributed by atoms with van der Waals surface area (Å²) < 4.78 is 4.69. The van der Waals surface area contributed by atoms with Crippen LogP contribution in [0, 0.1) is 0 Å². The number of carbonyl (C=O) groups excluding carboxylic acids is 2. The zero-order valence-electron chi connectivity index (χ0n) is 7.89. The second-order valence-electron chi connectivity index (χ2n) is 2.25. The van der Waals surface area contributed by atoms with Gasteiger partial charge in [0.2, 0.25) is 5.91 Å². The third-order valence-electron chi connectivity index (χ3n) is 1.06. The molecule has 0 fully saturated rings. The van der Waals surface area contributed by atoms with Crippen LogP contribution < -0.4 is 16.6 Å². The van der Waals surface area contributed by atoms with Gasteiger partial charge in [0.15, 0.2) is 0 Å². The van der Waals surface area contributed by atoms with Crippen molar-refractivity contribution in [2.24, 2.45) is 5.73 Å². The van der Waals surface area contributed by atoms with Crippen molar-refractivity contribution in [3.63, 3.8) is 0 Å². The van der Waals surface area contributed by atoms with Gasteiger partial charge in [-0.2, -0.15) is 0 Å². The van der Waals surface area contributed by atoms with E-state index in [0.29, 0.717) is 0 Å². The maximum Gasteiger partial charge on any atom is 0.349 e. The Morgan fingerprint density at radius 2 is 2.00 bits per heavy atom. The first-order valence-electron chi connectivity index (χ1n) is 3.84. The zero-order chi connectivity index (χ0) is 11.1. The molecule has 0 saturated carbocycles. The monoisotopic (exact) mass is 265 g/mol. The van der Waals surface area contributed by atoms with Gasteiger partial charge in [0.05, 0.1) is 6.61 Å². The van der Waals surface area contributed by atoms with Crippen LogP contribution in [-0.4, -0.2) is 18.5 Å². The molecule has 14 heavy (non-hydrogen) atoms. The molecule has 0 aliphatic rings. The number of nitrogens with two attached hydrogens (primary N) is 1. The van der Waals surface area contributed by atoms with Gasteiger partial charge in [0.25, 0.3) is 0 Å². The van der Waals surface area contributed by atoms with Gasteiger partial charge in [-0.1, -0.05) is 0 Å². The highest BCUT2D eigenvalue weighted by molar-refractivity contribution is 9.12. The number of hydrazine groups is 1. The molecule has 0 radical (unpaired) electrons. The minimum Gasteiger partial charge on any atom is -0.462 e. The van der Waals surface area contributed by atoms with Crippen molar-refractivity contribution in [1.82, 2.24) is 10.9 Å². The van der Waals surface area contributed by atoms with E-state index in [0.717, 1.165) is 0 Å². The summed E-state index contributed by atoms with van der Waals surface area (Å²) in [5.41, 5.74) is 9.95. The van der Waals surface area contributed by atoms with Crippen molar-refractivity contribution in [3.8, 4) is 0 Å². The van der Waals surface area contributed by atoms with Crippen molar-refractivity contribution in [1.29, 1.82) is 0 Å². The van der Waals surface area contributed by atoms with E-state index >= 15 is 0 Å². The molecule has 0 aliphatic carbocycles. The molecule has 0 aliphatic heterocycles. The highest BCUT2D eigenvalue weighted by atomic mass is 79.9. The normalized spacial score (nSPS) is 11.4. The Morgan fingerprint density at radius 3 is 2.43 bits per heavy atom. The molecule has 1 amide bonds. The number of ether oxygens (including phenoxy) is 1. The first-order valence-corrected chi connectivity index (χ1v) is 4.63. The fourth-order valence-corrected chi connectivity index (χ4v) is 0.728. The van der Waals surface area contributed by atoms with Crippen LogP contribution in [0.4, 0.5) is 0 Å². The molecule has 0 aromatic rings. The second-order valence-corrected chi connectivity index (χ2v) is 3.05. The van der Waals surface area contributed by atoms with E-state index in [1.807, 2.05) is 0 Å². The molecule has 0 atom stereocenters. The van der Waals surface area contributed by atoms with Crippen molar-refractivity contribution >= 4 is 27.8 Å². The Kier molecular flexibility index (Phi) is 5.70. The summed E-state index contributed by atoms with van der Waals surface area (Å²) in [6, 6.07) is 0. The lowest BCUT2D eigenvalue weighted by Crippen LogP contribution is -2.38. The minimum atomic E-state index is -0.595. The predicted octanol–water partition coefficient (Wildman–Crippen LogP) is -0.287. The molecule has 0 aromatic heterocycles. The van der Waals surface area contributed by atoms with E-state index in [4.69, 9.17) is 5.73 Å². The lowest BCUT2D eigenvalue weighted by atomic mass is 10.5. The number of rotatable bonds is 4. The molecule has 80 valence electrons. The molecule has 6 nitrogen and oxygen atoms in total. The summed E-state index contributed by atoms with van der Waals surface area (Å²) in [6.07, 6.45) is 0. The van der Waals surface area contributed by atoms with Crippen LogP contribution >= 0.6 is 15.9 Å². The lowest BCUT2D eigenvalue weighted by Gasteiger charge is -2.08. The van der Waals surface area contributed by atoms with Crippen LogP contribution in [0.5, 0.6) is 0 Å². The summed E-state index contributed by atoms with van der Waals surface area (Å²) in [7, 11) is 0. The van der Waals surface area contributed by atoms with Crippen molar-refractivity contribution < 1.29 is 14.3 Å². The summed E-state index contributed by atoms with van der Waals surface area (Å²) in [6.45, 7) is 3.23. The van der Waals surface area contributed by atoms with E-state index in [9.17, 15) is 9.59 Å². The maximum atomic E-state index is 11.1. The second kappa shape index (κ2) is 6.25. The Morgan fingerprint density at radius 1 is 1.43 bits per heavy atom. The average molecular weight is 266 g/mol. The molecule has 0 heterocycles. The van der Waals surface area contributed by atoms with Crippen LogP contribution in [0.2, 0.25) is 0 Å². The first kappa shape index (κ1) is 12.8. The topological polar surface area (TPSA) is 93.4 Å². The largest absolute Gasteiger partial charge is 0.462 e. The zero-order valence-corrected chi connectivity index (χ0v) is 9.47. The van der Waals surface area contributed by atoms with Gasteiger partial charge < -0.3 is 10.5 Å². The number of hydrogen-bond acceptors (Lipinski definition) is 5. The third kappa shape index (κ3) is 4.70. The van der Waals surface area contributed by atoms with Crippen LogP contribution in [0.3, 0.4) is 0 Å². The predicted molar refractivity (Wildman–Crippen MR) is 53.7 cm³/mol. The van der Waals surface area contributed by atoms with Gasteiger partial charge in [0, 0.05) is 6.92 Å². The smallest absolute Gasteiger partial charge is 0.349 e. The van der Waals surface area contributed by atoms with E-state index in [1.54, 1.807) is 6.92 Å². The number of carbonyl (C=O) groups is 2. The van der Waals surface area contributed by atoms with Crippen molar-refractivity contribution in [2.45, 2.75) is 13.8 Å². The average Bonchev–Trinajstić information content (AvgIpc) is 2.13. The molecule has 0 spiro atoms. The highest BCUT2D eigenvalue weighted by Crippen LogP contribution is 2.08. The number of halogens is 1. The van der Waals surface area contributed by atoms with Crippen LogP contribution in [0.1, 0.15) is 13.8 Å². The summed E-state index contributed by atoms with van der Waals surface area (Å²) >= 11 is 2.93. The van der Waals surface area contributed by atoms with Crippen LogP contribution in [0.15, 0.2) is 10.3 Å². The molecule has 0 rings (SSSR count). The van der Waals surface area contributed by atoms with Crippen molar-refractivity contribution in [3.05, 3.63) is 10.3 Å². The Bertz CT molecular complexity index is 265. The first-order chi connectivity index (χ1) is 6.49. The van der Waals surface area contributed by atoms with E-state index in [2.05, 4.69) is 31.5 Å². The number of amides is 1. The lowest BCUT2D eigenvalue weighted by molar-refractivity contribution is -0.137. The molecule has 0 bridgehead atoms. The van der Waals surface area contributed by atoms with Gasteiger partial charge in [-0.05, 0) is 22.9 Å². The minimum absolute atomic E-state index is 0.0151. The maximum absolute atomic E-state index is 11.1. The van der Waals surface area contributed by atoms with Crippen molar-refractivity contribution in [2.75, 3.05) is 6.61 Å². The van der Waals surface area contributed by atoms with E-state index in [-0.39, 0.29) is 22.8 Å². The number of hydrogen-bond donors (Lipinski definition) is 3. The fourth-order valence-electron chi connectivity index (χ4n) is 0.515. The van der Waals surface area contributed by atoms with E-state index < -0.39 is 5.97 Å². The fraction of sp³-hybridized carbons (Fsp3) is 0.429. The summed E-state index contributed by atoms with van der Waals surface area (Å²) in [5, 5.41) is 0. The SMILES string of the molecule is CCOC(=O)/C(Br)=C(\N)NNC(C)=O. The number of nitrogens with one attached hydrogen (secondary N) is 2. The third-order valence-corrected chi connectivity index (χ3v) is 1.82. The molecule has 4 N–H and O–H groups in total. The Hall–Kier alpha value is -1.24. The van der Waals surface area contributed by atoms with Gasteiger partial charge in [-0.15, -0.1) is 0 Å². The Balaban J connectivity index is 4.27. The van der Waals surface area contributed by atoms with Gasteiger partial charge in [-0.3, -0.25) is 15.6 Å². The molecular weight excluding hydrogens is 254 g/mol. The van der Waals surface area contributed by atoms with Gasteiger partial charge >= 0.3 is 5.97 Å². The van der Waals surface area contributed by atoms with Crippen LogP contribution in [-0.2, 0) is 14.3 Å². The molecule has 0 unspecified atom stereocenters. The molecule has 0 saturated heterocycles. The van der Waals surface area contributed by atoms with Gasteiger partial charge in [0.1, 0.15) is 10.3 Å².